The molecule has 1 aliphatic heterocycles. The summed E-state index contributed by atoms with van der Waals surface area (Å²) in [6.45, 7) is 6.33. The lowest BCUT2D eigenvalue weighted by molar-refractivity contribution is -0.122. The van der Waals surface area contributed by atoms with Crippen molar-refractivity contribution in [3.63, 3.8) is 0 Å². The summed E-state index contributed by atoms with van der Waals surface area (Å²) in [5.74, 6) is 0.776. The van der Waals surface area contributed by atoms with Crippen molar-refractivity contribution in [1.82, 2.24) is 10.0 Å². The normalized spacial score (nSPS) is 16.6. The molecule has 0 radical (unpaired) electrons. The lowest BCUT2D eigenvalue weighted by atomic mass is 10.1. The van der Waals surface area contributed by atoms with Crippen LogP contribution < -0.4 is 14.8 Å². The van der Waals surface area contributed by atoms with Gasteiger partial charge in [-0.1, -0.05) is 44.0 Å². The maximum Gasteiger partial charge on any atom is 0.263 e. The van der Waals surface area contributed by atoms with Crippen LogP contribution in [0.15, 0.2) is 58.4 Å². The molecule has 31 heavy (non-hydrogen) atoms. The van der Waals surface area contributed by atoms with Crippen LogP contribution in [-0.4, -0.2) is 32.3 Å². The summed E-state index contributed by atoms with van der Waals surface area (Å²) in [5, 5.41) is 2.92. The summed E-state index contributed by atoms with van der Waals surface area (Å²) in [4.78, 5) is 17.6. The van der Waals surface area contributed by atoms with Crippen molar-refractivity contribution in [2.75, 3.05) is 0 Å². The first-order valence-electron chi connectivity index (χ1n) is 10.5. The van der Waals surface area contributed by atoms with Gasteiger partial charge in [-0.05, 0) is 50.1 Å². The first-order chi connectivity index (χ1) is 14.8. The molecule has 0 spiro atoms. The third-order valence-electron chi connectivity index (χ3n) is 4.84. The van der Waals surface area contributed by atoms with Gasteiger partial charge in [-0.25, -0.2) is 8.42 Å². The van der Waals surface area contributed by atoms with Crippen LogP contribution in [0.2, 0.25) is 0 Å². The highest BCUT2D eigenvalue weighted by Crippen LogP contribution is 2.23. The molecule has 0 fully saturated rings. The van der Waals surface area contributed by atoms with Crippen LogP contribution in [-0.2, 0) is 21.4 Å². The first-order valence-corrected chi connectivity index (χ1v) is 12.0. The van der Waals surface area contributed by atoms with E-state index in [4.69, 9.17) is 4.74 Å². The zero-order valence-electron chi connectivity index (χ0n) is 18.1. The monoisotopic (exact) mass is 443 g/mol. The molecule has 2 N–H and O–H groups in total. The van der Waals surface area contributed by atoms with Crippen LogP contribution in [0.1, 0.15) is 51.2 Å². The Morgan fingerprint density at radius 2 is 1.84 bits per heavy atom. The fraction of sp³-hybridized carbons (Fsp3) is 0.391. The van der Waals surface area contributed by atoms with Gasteiger partial charge in [0, 0.05) is 12.1 Å². The van der Waals surface area contributed by atoms with Crippen molar-refractivity contribution in [1.29, 1.82) is 0 Å². The van der Waals surface area contributed by atoms with Crippen molar-refractivity contribution >= 4 is 21.8 Å². The Morgan fingerprint density at radius 3 is 2.52 bits per heavy atom. The largest absolute Gasteiger partial charge is 0.491 e. The maximum atomic E-state index is 12.9. The summed E-state index contributed by atoms with van der Waals surface area (Å²) < 4.78 is 32.8. The molecule has 1 atom stereocenters. The molecule has 1 aliphatic rings. The lowest BCUT2D eigenvalue weighted by Gasteiger charge is -2.14. The zero-order chi connectivity index (χ0) is 22.4. The molecule has 1 amide bonds. The zero-order valence-corrected chi connectivity index (χ0v) is 18.9. The highest BCUT2D eigenvalue weighted by molar-refractivity contribution is 7.90. The van der Waals surface area contributed by atoms with Gasteiger partial charge in [-0.15, -0.1) is 0 Å². The molecule has 2 aromatic rings. The summed E-state index contributed by atoms with van der Waals surface area (Å²) in [7, 11) is -3.64. The molecule has 7 nitrogen and oxygen atoms in total. The number of amides is 1. The molecule has 0 bridgehead atoms. The SMILES string of the molecule is CCCCC(N=C1NS(=O)(=O)c2ccccc21)C(=O)NCc1ccc(OC(C)C)cc1. The Hall–Kier alpha value is -2.87. The van der Waals surface area contributed by atoms with Gasteiger partial charge < -0.3 is 10.1 Å². The number of amidine groups is 1. The molecule has 2 aromatic carbocycles. The van der Waals surface area contributed by atoms with E-state index >= 15 is 0 Å². The topological polar surface area (TPSA) is 96.9 Å². The average molecular weight is 444 g/mol. The Kier molecular flexibility index (Phi) is 7.33. The third-order valence-corrected chi connectivity index (χ3v) is 6.24. The Morgan fingerprint density at radius 1 is 1.13 bits per heavy atom. The number of carbonyl (C=O) groups excluding carboxylic acids is 1. The highest BCUT2D eigenvalue weighted by Gasteiger charge is 2.31. The van der Waals surface area contributed by atoms with Gasteiger partial charge in [-0.2, -0.15) is 0 Å². The second-order valence-corrected chi connectivity index (χ2v) is 9.42. The number of nitrogens with one attached hydrogen (secondary N) is 2. The van der Waals surface area contributed by atoms with Crippen LogP contribution >= 0.6 is 0 Å². The highest BCUT2D eigenvalue weighted by atomic mass is 32.2. The number of ether oxygens (including phenoxy) is 1. The Labute approximate surface area is 184 Å². The van der Waals surface area contributed by atoms with Gasteiger partial charge in [0.2, 0.25) is 5.91 Å². The molecule has 1 unspecified atom stereocenters. The van der Waals surface area contributed by atoms with Crippen molar-refractivity contribution in [2.45, 2.75) is 63.6 Å². The van der Waals surface area contributed by atoms with E-state index in [2.05, 4.69) is 15.0 Å². The van der Waals surface area contributed by atoms with Crippen LogP contribution in [0, 0.1) is 0 Å². The number of carbonyl (C=O) groups is 1. The number of hydrogen-bond donors (Lipinski definition) is 2. The number of nitrogens with zero attached hydrogens (tertiary/aromatic N) is 1. The molecule has 0 saturated heterocycles. The van der Waals surface area contributed by atoms with Gasteiger partial charge in [-0.3, -0.25) is 14.5 Å². The maximum absolute atomic E-state index is 12.9. The molecule has 0 saturated carbocycles. The van der Waals surface area contributed by atoms with Crippen LogP contribution in [0.4, 0.5) is 0 Å². The number of benzene rings is 2. The van der Waals surface area contributed by atoms with Gasteiger partial charge in [0.1, 0.15) is 17.6 Å². The standard InChI is InChI=1S/C23H29N3O4S/c1-4-5-9-20(25-22-19-8-6-7-10-21(19)31(28,29)26-22)23(27)24-15-17-11-13-18(14-12-17)30-16(2)3/h6-8,10-14,16,20H,4-5,9,15H2,1-3H3,(H,24,27)(H,25,26). The van der Waals surface area contributed by atoms with E-state index in [9.17, 15) is 13.2 Å². The molecular weight excluding hydrogens is 414 g/mol. The van der Waals surface area contributed by atoms with Crippen LogP contribution in [0.5, 0.6) is 5.75 Å². The van der Waals surface area contributed by atoms with E-state index in [0.29, 0.717) is 18.5 Å². The van der Waals surface area contributed by atoms with Crippen molar-refractivity contribution in [2.24, 2.45) is 4.99 Å². The Balaban J connectivity index is 1.72. The molecule has 0 aliphatic carbocycles. The number of sulfonamides is 1. The summed E-state index contributed by atoms with van der Waals surface area (Å²) >= 11 is 0. The minimum absolute atomic E-state index is 0.0992. The van der Waals surface area contributed by atoms with E-state index in [1.807, 2.05) is 45.0 Å². The van der Waals surface area contributed by atoms with Crippen LogP contribution in [0.3, 0.4) is 0 Å². The van der Waals surface area contributed by atoms with E-state index < -0.39 is 16.1 Å². The van der Waals surface area contributed by atoms with Gasteiger partial charge in [0.15, 0.2) is 0 Å². The van der Waals surface area contributed by atoms with Gasteiger partial charge in [0.25, 0.3) is 10.0 Å². The fourth-order valence-corrected chi connectivity index (χ4v) is 4.54. The average Bonchev–Trinajstić information content (AvgIpc) is 3.00. The van der Waals surface area contributed by atoms with E-state index in [-0.39, 0.29) is 22.7 Å². The molecule has 0 aromatic heterocycles. The predicted octanol–water partition coefficient (Wildman–Crippen LogP) is 3.39. The van der Waals surface area contributed by atoms with Gasteiger partial charge >= 0.3 is 0 Å². The van der Waals surface area contributed by atoms with Crippen molar-refractivity contribution in [3.8, 4) is 5.75 Å². The lowest BCUT2D eigenvalue weighted by Crippen LogP contribution is -2.35. The second-order valence-electron chi connectivity index (χ2n) is 7.77. The molecule has 8 heteroatoms. The Bertz CT molecular complexity index is 1050. The molecular formula is C23H29N3O4S. The number of unbranched alkanes of at least 4 members (excludes halogenated alkanes) is 1. The van der Waals surface area contributed by atoms with Crippen LogP contribution in [0.25, 0.3) is 0 Å². The summed E-state index contributed by atoms with van der Waals surface area (Å²) in [6.07, 6.45) is 2.36. The van der Waals surface area contributed by atoms with Crippen molar-refractivity contribution < 1.29 is 17.9 Å². The molecule has 166 valence electrons. The first kappa shape index (κ1) is 22.8. The van der Waals surface area contributed by atoms with E-state index in [1.165, 1.54) is 6.07 Å². The smallest absolute Gasteiger partial charge is 0.263 e. The van der Waals surface area contributed by atoms with E-state index in [0.717, 1.165) is 24.2 Å². The third kappa shape index (κ3) is 5.85. The molecule has 3 rings (SSSR count). The number of fused-ring (bicyclic) bond motifs is 1. The van der Waals surface area contributed by atoms with Crippen molar-refractivity contribution in [3.05, 3.63) is 59.7 Å². The predicted molar refractivity (Wildman–Crippen MR) is 121 cm³/mol. The fourth-order valence-electron chi connectivity index (χ4n) is 3.30. The number of hydrogen-bond acceptors (Lipinski definition) is 5. The van der Waals surface area contributed by atoms with Gasteiger partial charge in [0.05, 0.1) is 11.0 Å². The number of rotatable bonds is 9. The summed E-state index contributed by atoms with van der Waals surface area (Å²) in [5.41, 5.74) is 1.44. The quantitative estimate of drug-likeness (QED) is 0.621. The number of aliphatic imine (C=N–C) groups is 1. The summed E-state index contributed by atoms with van der Waals surface area (Å²) in [6, 6.07) is 13.5. The minimum Gasteiger partial charge on any atom is -0.491 e. The second kappa shape index (κ2) is 9.96. The molecule has 1 heterocycles. The minimum atomic E-state index is -3.64. The van der Waals surface area contributed by atoms with E-state index in [1.54, 1.807) is 18.2 Å².